The van der Waals surface area contributed by atoms with Crippen molar-refractivity contribution in [3.8, 4) is 0 Å². The molecule has 0 aliphatic heterocycles. The highest BCUT2D eigenvalue weighted by molar-refractivity contribution is 5.77. The molecule has 0 bridgehead atoms. The molecule has 96 valence electrons. The highest BCUT2D eigenvalue weighted by atomic mass is 15.0. The maximum Gasteiger partial charge on any atom is 0.158 e. The summed E-state index contributed by atoms with van der Waals surface area (Å²) < 4.78 is 0. The van der Waals surface area contributed by atoms with Gasteiger partial charge in [0.25, 0.3) is 0 Å². The molecule has 0 atom stereocenters. The lowest BCUT2D eigenvalue weighted by Gasteiger charge is -2.05. The molecule has 0 amide bonds. The lowest BCUT2D eigenvalue weighted by Crippen LogP contribution is -1.95. The summed E-state index contributed by atoms with van der Waals surface area (Å²) in [6.07, 6.45) is 3.76. The first-order chi connectivity index (χ1) is 9.24. The first-order valence-corrected chi connectivity index (χ1v) is 6.40. The van der Waals surface area contributed by atoms with Gasteiger partial charge in [-0.15, -0.1) is 0 Å². The molecule has 1 aromatic carbocycles. The van der Waals surface area contributed by atoms with Crippen LogP contribution in [0.15, 0.2) is 42.7 Å². The van der Waals surface area contributed by atoms with E-state index in [1.165, 1.54) is 5.56 Å². The standard InChI is InChI=1S/C15H16N4/c1-10(2)12-8-17-15-14(12)16-9-13(19-15)18-11-6-4-3-5-7-11/h3-10H,1-2H3,(H2,17,18,19). The summed E-state index contributed by atoms with van der Waals surface area (Å²) in [5, 5.41) is 3.24. The number of nitrogens with one attached hydrogen (secondary N) is 2. The van der Waals surface area contributed by atoms with Crippen LogP contribution in [0.4, 0.5) is 11.5 Å². The summed E-state index contributed by atoms with van der Waals surface area (Å²) in [4.78, 5) is 12.2. The number of hydrogen-bond donors (Lipinski definition) is 2. The van der Waals surface area contributed by atoms with Crippen LogP contribution in [0.1, 0.15) is 25.3 Å². The number of benzene rings is 1. The molecule has 0 saturated carbocycles. The quantitative estimate of drug-likeness (QED) is 0.745. The van der Waals surface area contributed by atoms with Crippen molar-refractivity contribution < 1.29 is 0 Å². The van der Waals surface area contributed by atoms with Crippen LogP contribution in [-0.2, 0) is 0 Å². The van der Waals surface area contributed by atoms with Crippen molar-refractivity contribution in [3.05, 3.63) is 48.3 Å². The maximum atomic E-state index is 4.54. The average molecular weight is 252 g/mol. The van der Waals surface area contributed by atoms with E-state index in [0.29, 0.717) is 5.92 Å². The van der Waals surface area contributed by atoms with Crippen LogP contribution < -0.4 is 5.32 Å². The molecule has 0 aliphatic carbocycles. The molecule has 19 heavy (non-hydrogen) atoms. The van der Waals surface area contributed by atoms with E-state index in [1.807, 2.05) is 36.5 Å². The van der Waals surface area contributed by atoms with Crippen LogP contribution in [0.2, 0.25) is 0 Å². The van der Waals surface area contributed by atoms with Crippen molar-refractivity contribution >= 4 is 22.7 Å². The van der Waals surface area contributed by atoms with Crippen molar-refractivity contribution in [2.24, 2.45) is 0 Å². The molecule has 0 aliphatic rings. The van der Waals surface area contributed by atoms with Gasteiger partial charge in [0.1, 0.15) is 5.52 Å². The third-order valence-electron chi connectivity index (χ3n) is 3.08. The molecule has 0 radical (unpaired) electrons. The van der Waals surface area contributed by atoms with Crippen LogP contribution in [-0.4, -0.2) is 15.0 Å². The number of nitrogens with zero attached hydrogens (tertiary/aromatic N) is 2. The third-order valence-corrected chi connectivity index (χ3v) is 3.08. The number of H-pyrrole nitrogens is 1. The largest absolute Gasteiger partial charge is 0.344 e. The van der Waals surface area contributed by atoms with Gasteiger partial charge in [-0.25, -0.2) is 9.97 Å². The van der Waals surface area contributed by atoms with Gasteiger partial charge in [-0.3, -0.25) is 0 Å². The number of hydrogen-bond acceptors (Lipinski definition) is 3. The van der Waals surface area contributed by atoms with Gasteiger partial charge in [-0.2, -0.15) is 0 Å². The van der Waals surface area contributed by atoms with Gasteiger partial charge in [-0.1, -0.05) is 32.0 Å². The van der Waals surface area contributed by atoms with Crippen LogP contribution >= 0.6 is 0 Å². The number of anilines is 2. The molecule has 2 N–H and O–H groups in total. The smallest absolute Gasteiger partial charge is 0.158 e. The van der Waals surface area contributed by atoms with Crippen molar-refractivity contribution in [1.82, 2.24) is 15.0 Å². The molecular formula is C15H16N4. The van der Waals surface area contributed by atoms with Crippen LogP contribution in [0, 0.1) is 0 Å². The van der Waals surface area contributed by atoms with Crippen molar-refractivity contribution in [1.29, 1.82) is 0 Å². The lowest BCUT2D eigenvalue weighted by molar-refractivity contribution is 0.872. The minimum atomic E-state index is 0.441. The number of para-hydroxylation sites is 1. The molecule has 0 spiro atoms. The van der Waals surface area contributed by atoms with Gasteiger partial charge in [0.05, 0.1) is 6.20 Å². The molecule has 0 saturated heterocycles. The maximum absolute atomic E-state index is 4.54. The Labute approximate surface area is 111 Å². The SMILES string of the molecule is CC(C)c1c[nH]c2nc(Nc3ccccc3)cnc12. The monoisotopic (exact) mass is 252 g/mol. The second-order valence-electron chi connectivity index (χ2n) is 4.84. The fourth-order valence-corrected chi connectivity index (χ4v) is 2.09. The van der Waals surface area contributed by atoms with E-state index in [0.717, 1.165) is 22.7 Å². The number of rotatable bonds is 3. The minimum absolute atomic E-state index is 0.441. The summed E-state index contributed by atoms with van der Waals surface area (Å²) >= 11 is 0. The first kappa shape index (κ1) is 11.7. The van der Waals surface area contributed by atoms with Crippen LogP contribution in [0.3, 0.4) is 0 Å². The zero-order chi connectivity index (χ0) is 13.2. The number of aromatic amines is 1. The summed E-state index contributed by atoms with van der Waals surface area (Å²) in [5.41, 5.74) is 3.98. The Morgan fingerprint density at radius 2 is 1.95 bits per heavy atom. The van der Waals surface area contributed by atoms with Crippen molar-refractivity contribution in [2.75, 3.05) is 5.32 Å². The Kier molecular flexibility index (Phi) is 2.91. The normalized spacial score (nSPS) is 11.1. The Balaban J connectivity index is 1.94. The highest BCUT2D eigenvalue weighted by Crippen LogP contribution is 2.23. The Morgan fingerprint density at radius 1 is 1.16 bits per heavy atom. The van der Waals surface area contributed by atoms with Crippen molar-refractivity contribution in [3.63, 3.8) is 0 Å². The molecule has 4 heteroatoms. The molecule has 3 rings (SSSR count). The second-order valence-corrected chi connectivity index (χ2v) is 4.84. The highest BCUT2D eigenvalue weighted by Gasteiger charge is 2.10. The third kappa shape index (κ3) is 2.29. The van der Waals surface area contributed by atoms with Gasteiger partial charge in [-0.05, 0) is 18.1 Å². The van der Waals surface area contributed by atoms with E-state index in [9.17, 15) is 0 Å². The molecule has 3 aromatic rings. The summed E-state index contributed by atoms with van der Waals surface area (Å²) in [7, 11) is 0. The van der Waals surface area contributed by atoms with E-state index in [1.54, 1.807) is 6.20 Å². The van der Waals surface area contributed by atoms with Gasteiger partial charge in [0, 0.05) is 17.4 Å². The lowest BCUT2D eigenvalue weighted by atomic mass is 10.1. The van der Waals surface area contributed by atoms with Gasteiger partial charge in [0.2, 0.25) is 0 Å². The number of aromatic nitrogens is 3. The molecular weight excluding hydrogens is 236 g/mol. The fourth-order valence-electron chi connectivity index (χ4n) is 2.09. The minimum Gasteiger partial charge on any atom is -0.344 e. The average Bonchev–Trinajstić information content (AvgIpc) is 2.83. The summed E-state index contributed by atoms with van der Waals surface area (Å²) in [6.45, 7) is 4.31. The topological polar surface area (TPSA) is 53.6 Å². The Morgan fingerprint density at radius 3 is 2.68 bits per heavy atom. The summed E-state index contributed by atoms with van der Waals surface area (Å²) in [5.74, 6) is 1.19. The van der Waals surface area contributed by atoms with Gasteiger partial charge < -0.3 is 10.3 Å². The predicted molar refractivity (Wildman–Crippen MR) is 77.7 cm³/mol. The summed E-state index contributed by atoms with van der Waals surface area (Å²) in [6, 6.07) is 9.96. The zero-order valence-electron chi connectivity index (χ0n) is 11.0. The molecule has 0 fully saturated rings. The van der Waals surface area contributed by atoms with Crippen molar-refractivity contribution in [2.45, 2.75) is 19.8 Å². The van der Waals surface area contributed by atoms with E-state index in [-0.39, 0.29) is 0 Å². The first-order valence-electron chi connectivity index (χ1n) is 6.40. The van der Waals surface area contributed by atoms with E-state index >= 15 is 0 Å². The molecule has 2 aromatic heterocycles. The Hall–Kier alpha value is -2.36. The number of fused-ring (bicyclic) bond motifs is 1. The molecule has 0 unspecified atom stereocenters. The predicted octanol–water partition coefficient (Wildman–Crippen LogP) is 3.82. The Bertz CT molecular complexity index is 686. The van der Waals surface area contributed by atoms with Crippen LogP contribution in [0.5, 0.6) is 0 Å². The molecule has 4 nitrogen and oxygen atoms in total. The van der Waals surface area contributed by atoms with E-state index in [4.69, 9.17) is 0 Å². The van der Waals surface area contributed by atoms with Gasteiger partial charge >= 0.3 is 0 Å². The van der Waals surface area contributed by atoms with Crippen LogP contribution in [0.25, 0.3) is 11.2 Å². The van der Waals surface area contributed by atoms with Gasteiger partial charge in [0.15, 0.2) is 11.5 Å². The van der Waals surface area contributed by atoms with E-state index in [2.05, 4.69) is 34.1 Å². The fraction of sp³-hybridized carbons (Fsp3) is 0.200. The molecule has 2 heterocycles. The second kappa shape index (κ2) is 4.72. The van der Waals surface area contributed by atoms with E-state index < -0.39 is 0 Å². The zero-order valence-corrected chi connectivity index (χ0v) is 11.0.